The van der Waals surface area contributed by atoms with E-state index in [-0.39, 0.29) is 29.9 Å². The highest BCUT2D eigenvalue weighted by atomic mass is 19.4. The maximum Gasteiger partial charge on any atom is 0.573 e. The number of aromatic nitrogens is 4. The zero-order chi connectivity index (χ0) is 27.8. The van der Waals surface area contributed by atoms with Crippen molar-refractivity contribution in [3.8, 4) is 11.8 Å². The summed E-state index contributed by atoms with van der Waals surface area (Å²) in [5.41, 5.74) is 1.75. The maximum absolute atomic E-state index is 14.9. The Kier molecular flexibility index (Phi) is 7.64. The quantitative estimate of drug-likeness (QED) is 0.420. The number of pyridine rings is 2. The molecule has 0 unspecified atom stereocenters. The van der Waals surface area contributed by atoms with Crippen LogP contribution in [0.2, 0.25) is 0 Å². The summed E-state index contributed by atoms with van der Waals surface area (Å²) >= 11 is 0. The van der Waals surface area contributed by atoms with Gasteiger partial charge in [0.05, 0.1) is 41.4 Å². The van der Waals surface area contributed by atoms with Crippen LogP contribution in [-0.4, -0.2) is 55.8 Å². The summed E-state index contributed by atoms with van der Waals surface area (Å²) in [7, 11) is 1.66. The monoisotopic (exact) mass is 535 g/mol. The van der Waals surface area contributed by atoms with Gasteiger partial charge in [0.1, 0.15) is 17.9 Å². The molecule has 0 aliphatic carbocycles. The fourth-order valence-corrected chi connectivity index (χ4v) is 5.15. The van der Waals surface area contributed by atoms with Crippen molar-refractivity contribution in [2.75, 3.05) is 18.0 Å². The molecular weight excluding hydrogens is 506 g/mol. The molecule has 0 amide bonds. The molecule has 4 heterocycles. The lowest BCUT2D eigenvalue weighted by molar-refractivity contribution is -0.274. The molecule has 0 aromatic carbocycles. The molecule has 4 rings (SSSR count). The first kappa shape index (κ1) is 27.4. The first-order chi connectivity index (χ1) is 18.0. The second kappa shape index (κ2) is 10.6. The average molecular weight is 536 g/mol. The Morgan fingerprint density at radius 3 is 2.53 bits per heavy atom. The molecule has 3 aromatic rings. The summed E-state index contributed by atoms with van der Waals surface area (Å²) in [6.07, 6.45) is -0.965. The van der Waals surface area contributed by atoms with E-state index in [1.165, 1.54) is 9.25 Å². The topological polar surface area (TPSA) is 92.2 Å². The molecule has 1 fully saturated rings. The van der Waals surface area contributed by atoms with Crippen LogP contribution in [0.4, 0.5) is 23.2 Å². The van der Waals surface area contributed by atoms with E-state index >= 15 is 0 Å². The van der Waals surface area contributed by atoms with Gasteiger partial charge in [0.2, 0.25) is 0 Å². The van der Waals surface area contributed by atoms with Gasteiger partial charge in [-0.2, -0.15) is 10.4 Å². The summed E-state index contributed by atoms with van der Waals surface area (Å²) < 4.78 is 59.3. The number of anilines is 1. The number of hydrogen-bond donors (Lipinski definition) is 0. The molecule has 0 bridgehead atoms. The lowest BCUT2D eigenvalue weighted by atomic mass is 9.98. The Balaban J connectivity index is 1.67. The molecule has 0 saturated carbocycles. The van der Waals surface area contributed by atoms with E-state index in [0.29, 0.717) is 48.7 Å². The third kappa shape index (κ3) is 5.31. The van der Waals surface area contributed by atoms with E-state index in [0.717, 1.165) is 6.20 Å². The number of nitrogens with zero attached hydrogens (tertiary/aromatic N) is 7. The normalized spacial score (nSPS) is 19.5. The largest absolute Gasteiger partial charge is 0.573 e. The van der Waals surface area contributed by atoms with Crippen LogP contribution in [0, 0.1) is 17.1 Å². The summed E-state index contributed by atoms with van der Waals surface area (Å²) in [5, 5.41) is 13.7. The Bertz CT molecular complexity index is 1410. The predicted molar refractivity (Wildman–Crippen MR) is 132 cm³/mol. The van der Waals surface area contributed by atoms with Crippen molar-refractivity contribution in [2.24, 2.45) is 7.05 Å². The molecule has 0 radical (unpaired) electrons. The van der Waals surface area contributed by atoms with Gasteiger partial charge < -0.3 is 14.2 Å². The zero-order valence-corrected chi connectivity index (χ0v) is 21.5. The molecule has 1 aliphatic rings. The SMILES string of the molecule is CC[C@H]1CN([C@H](C)c2ncc(OC(F)(F)F)cc2F)[C@H](CC)CN1c1cc(=O)n(C)c2cn(CC#N)nc12. The fraction of sp³-hybridized carbons (Fsp3) is 0.520. The molecule has 9 nitrogen and oxygen atoms in total. The van der Waals surface area contributed by atoms with Gasteiger partial charge in [0.15, 0.2) is 5.75 Å². The number of alkyl halides is 3. The Morgan fingerprint density at radius 1 is 1.21 bits per heavy atom. The highest BCUT2D eigenvalue weighted by Gasteiger charge is 2.38. The molecule has 0 N–H and O–H groups in total. The van der Waals surface area contributed by atoms with Crippen LogP contribution >= 0.6 is 0 Å². The first-order valence-electron chi connectivity index (χ1n) is 12.3. The van der Waals surface area contributed by atoms with Crippen LogP contribution in [0.3, 0.4) is 0 Å². The van der Waals surface area contributed by atoms with Crippen LogP contribution in [0.15, 0.2) is 29.3 Å². The van der Waals surface area contributed by atoms with Gasteiger partial charge in [-0.25, -0.2) is 4.39 Å². The Hall–Kier alpha value is -3.66. The summed E-state index contributed by atoms with van der Waals surface area (Å²) in [4.78, 5) is 21.0. The number of aryl methyl sites for hydroxylation is 1. The van der Waals surface area contributed by atoms with Gasteiger partial charge in [-0.05, 0) is 19.8 Å². The van der Waals surface area contributed by atoms with Crippen molar-refractivity contribution < 1.29 is 22.3 Å². The standard InChI is InChI=1S/C25H29F4N7O2/c1-5-16-13-36(20-10-22(37)33(4)21-14-34(8-7-30)32-24(20)21)17(6-2)12-35(16)15(3)23-19(26)9-18(11-31-23)38-25(27,28)29/h9-11,14-17H,5-6,8,12-13H2,1-4H3/t15-,16-,17+/m1/s1. The second-order valence-electron chi connectivity index (χ2n) is 9.38. The van der Waals surface area contributed by atoms with E-state index in [9.17, 15) is 22.4 Å². The van der Waals surface area contributed by atoms with Crippen molar-refractivity contribution >= 4 is 16.7 Å². The minimum absolute atomic E-state index is 0.0347. The summed E-state index contributed by atoms with van der Waals surface area (Å²) in [6, 6.07) is 3.67. The van der Waals surface area contributed by atoms with Crippen molar-refractivity contribution in [1.82, 2.24) is 24.2 Å². The highest BCUT2D eigenvalue weighted by molar-refractivity contribution is 5.88. The lowest BCUT2D eigenvalue weighted by Crippen LogP contribution is -2.59. The van der Waals surface area contributed by atoms with Crippen LogP contribution in [0.25, 0.3) is 11.0 Å². The number of rotatable bonds is 7. The third-order valence-electron chi connectivity index (χ3n) is 7.13. The number of fused-ring (bicyclic) bond motifs is 1. The van der Waals surface area contributed by atoms with Crippen molar-refractivity contribution in [1.29, 1.82) is 5.26 Å². The molecule has 1 saturated heterocycles. The van der Waals surface area contributed by atoms with Gasteiger partial charge in [0, 0.05) is 44.4 Å². The minimum atomic E-state index is -4.94. The van der Waals surface area contributed by atoms with Crippen LogP contribution in [0.1, 0.15) is 45.3 Å². The number of hydrogen-bond acceptors (Lipinski definition) is 7. The highest BCUT2D eigenvalue weighted by Crippen LogP contribution is 2.35. The average Bonchev–Trinajstić information content (AvgIpc) is 3.28. The molecule has 38 heavy (non-hydrogen) atoms. The van der Waals surface area contributed by atoms with Crippen molar-refractivity contribution in [3.63, 3.8) is 0 Å². The summed E-state index contributed by atoms with van der Waals surface area (Å²) in [6.45, 7) is 6.87. The molecule has 3 atom stereocenters. The smallest absolute Gasteiger partial charge is 0.404 e. The van der Waals surface area contributed by atoms with Gasteiger partial charge in [0.25, 0.3) is 5.56 Å². The van der Waals surface area contributed by atoms with E-state index in [1.54, 1.807) is 26.2 Å². The molecule has 0 spiro atoms. The van der Waals surface area contributed by atoms with Crippen LogP contribution < -0.4 is 15.2 Å². The molecular formula is C25H29F4N7O2. The third-order valence-corrected chi connectivity index (χ3v) is 7.13. The molecule has 13 heteroatoms. The van der Waals surface area contributed by atoms with E-state index in [2.05, 4.69) is 30.7 Å². The first-order valence-corrected chi connectivity index (χ1v) is 12.3. The predicted octanol–water partition coefficient (Wildman–Crippen LogP) is 4.13. The van der Waals surface area contributed by atoms with Crippen molar-refractivity contribution in [3.05, 3.63) is 46.4 Å². The van der Waals surface area contributed by atoms with Gasteiger partial charge in [-0.3, -0.25) is 19.4 Å². The fourth-order valence-electron chi connectivity index (χ4n) is 5.15. The van der Waals surface area contributed by atoms with Gasteiger partial charge in [-0.1, -0.05) is 13.8 Å². The van der Waals surface area contributed by atoms with Gasteiger partial charge >= 0.3 is 6.36 Å². The lowest BCUT2D eigenvalue weighted by Gasteiger charge is -2.49. The number of ether oxygens (including phenoxy) is 1. The number of nitriles is 1. The van der Waals surface area contributed by atoms with E-state index in [1.807, 2.05) is 13.8 Å². The Labute approximate surface area is 216 Å². The zero-order valence-electron chi connectivity index (χ0n) is 21.5. The molecule has 204 valence electrons. The second-order valence-corrected chi connectivity index (χ2v) is 9.38. The summed E-state index contributed by atoms with van der Waals surface area (Å²) in [5.74, 6) is -1.58. The van der Waals surface area contributed by atoms with E-state index < -0.39 is 24.0 Å². The molecule has 1 aliphatic heterocycles. The maximum atomic E-state index is 14.9. The van der Waals surface area contributed by atoms with Gasteiger partial charge in [-0.15, -0.1) is 13.2 Å². The van der Waals surface area contributed by atoms with Crippen molar-refractivity contribution in [2.45, 2.75) is 64.6 Å². The van der Waals surface area contributed by atoms with Crippen LogP contribution in [-0.2, 0) is 13.6 Å². The Morgan fingerprint density at radius 2 is 1.92 bits per heavy atom. The van der Waals surface area contributed by atoms with E-state index in [4.69, 9.17) is 5.26 Å². The number of halogens is 4. The number of piperazine rings is 1. The minimum Gasteiger partial charge on any atom is -0.404 e. The van der Waals surface area contributed by atoms with Crippen LogP contribution in [0.5, 0.6) is 5.75 Å². The molecule has 3 aromatic heterocycles.